The van der Waals surface area contributed by atoms with Crippen molar-refractivity contribution < 1.29 is 13.2 Å². The number of nitrogens with two attached hydrogens (primary N) is 1. The number of nitrogens with one attached hydrogen (secondary N) is 1. The minimum atomic E-state index is -3.87. The van der Waals surface area contributed by atoms with Crippen molar-refractivity contribution in [2.75, 3.05) is 20.1 Å². The van der Waals surface area contributed by atoms with Gasteiger partial charge in [-0.1, -0.05) is 15.9 Å². The number of halogens is 2. The zero-order valence-corrected chi connectivity index (χ0v) is 16.2. The molecule has 2 rings (SSSR count). The lowest BCUT2D eigenvalue weighted by atomic mass is 10.0. The second kappa shape index (κ2) is 7.94. The van der Waals surface area contributed by atoms with Crippen LogP contribution in [-0.2, 0) is 10.0 Å². The maximum Gasteiger partial charge on any atom is 0.254 e. The van der Waals surface area contributed by atoms with E-state index in [2.05, 4.69) is 21.2 Å². The highest BCUT2D eigenvalue weighted by atomic mass is 79.9. The molecule has 0 spiro atoms. The normalized spacial score (nSPS) is 16.1. The number of hydrogen-bond acceptors (Lipinski definition) is 4. The number of benzene rings is 1. The predicted octanol–water partition coefficient (Wildman–Crippen LogP) is 1.65. The van der Waals surface area contributed by atoms with Gasteiger partial charge < -0.3 is 10.2 Å². The zero-order valence-electron chi connectivity index (χ0n) is 13.0. The lowest BCUT2D eigenvalue weighted by Gasteiger charge is -2.32. The molecule has 1 aliphatic heterocycles. The summed E-state index contributed by atoms with van der Waals surface area (Å²) in [5.41, 5.74) is 0.771. The third kappa shape index (κ3) is 4.67. The van der Waals surface area contributed by atoms with Gasteiger partial charge in [-0.3, -0.25) is 4.79 Å². The van der Waals surface area contributed by atoms with Crippen LogP contribution in [-0.4, -0.2) is 45.4 Å². The standard InChI is InChI=1S/C14H20BrN3O3S.ClH/c1-9-12(7-10(15)8-13(9)22(16,20)21)14(19)18-5-3-11(17-2)4-6-18;/h7-8,11,17H,3-6H2,1-2H3,(H2,16,20,21);1H. The molecule has 130 valence electrons. The molecule has 1 saturated heterocycles. The highest BCUT2D eigenvalue weighted by Gasteiger charge is 2.26. The SMILES string of the molecule is CNC1CCN(C(=O)c2cc(Br)cc(S(N)(=O)=O)c2C)CC1.Cl. The fourth-order valence-corrected chi connectivity index (χ4v) is 4.15. The number of piperidine rings is 1. The summed E-state index contributed by atoms with van der Waals surface area (Å²) >= 11 is 3.25. The van der Waals surface area contributed by atoms with Crippen molar-refractivity contribution >= 4 is 44.3 Å². The second-order valence-electron chi connectivity index (χ2n) is 5.48. The summed E-state index contributed by atoms with van der Waals surface area (Å²) in [5.74, 6) is -0.154. The number of primary sulfonamides is 1. The van der Waals surface area contributed by atoms with Crippen LogP contribution in [0.4, 0.5) is 0 Å². The van der Waals surface area contributed by atoms with Gasteiger partial charge in [-0.15, -0.1) is 12.4 Å². The van der Waals surface area contributed by atoms with E-state index >= 15 is 0 Å². The number of amides is 1. The van der Waals surface area contributed by atoms with Crippen molar-refractivity contribution in [3.8, 4) is 0 Å². The molecule has 0 radical (unpaired) electrons. The van der Waals surface area contributed by atoms with Gasteiger partial charge in [-0.2, -0.15) is 0 Å². The molecule has 0 saturated carbocycles. The summed E-state index contributed by atoms with van der Waals surface area (Å²) < 4.78 is 23.8. The Morgan fingerprint density at radius 1 is 1.35 bits per heavy atom. The van der Waals surface area contributed by atoms with Crippen LogP contribution in [0.15, 0.2) is 21.5 Å². The van der Waals surface area contributed by atoms with E-state index in [1.807, 2.05) is 7.05 Å². The average Bonchev–Trinajstić information content (AvgIpc) is 2.47. The Hall–Kier alpha value is -0.670. The van der Waals surface area contributed by atoms with Crippen molar-refractivity contribution in [1.29, 1.82) is 0 Å². The summed E-state index contributed by atoms with van der Waals surface area (Å²) in [7, 11) is -1.95. The van der Waals surface area contributed by atoms with Gasteiger partial charge in [0.05, 0.1) is 4.90 Å². The minimum absolute atomic E-state index is 0. The van der Waals surface area contributed by atoms with E-state index in [4.69, 9.17) is 5.14 Å². The van der Waals surface area contributed by atoms with Gasteiger partial charge in [-0.05, 0) is 44.5 Å². The van der Waals surface area contributed by atoms with Crippen LogP contribution in [0.2, 0.25) is 0 Å². The van der Waals surface area contributed by atoms with Gasteiger partial charge in [-0.25, -0.2) is 13.6 Å². The molecular formula is C14H21BrClN3O3S. The zero-order chi connectivity index (χ0) is 16.5. The molecule has 23 heavy (non-hydrogen) atoms. The summed E-state index contributed by atoms with van der Waals surface area (Å²) in [6.45, 7) is 2.92. The Kier molecular flexibility index (Phi) is 7.03. The Morgan fingerprint density at radius 2 is 1.91 bits per heavy atom. The molecule has 0 aromatic heterocycles. The molecule has 0 aliphatic carbocycles. The Labute approximate surface area is 151 Å². The molecule has 1 fully saturated rings. The minimum Gasteiger partial charge on any atom is -0.339 e. The van der Waals surface area contributed by atoms with Crippen LogP contribution in [0.25, 0.3) is 0 Å². The van der Waals surface area contributed by atoms with Crippen molar-refractivity contribution in [2.45, 2.75) is 30.7 Å². The van der Waals surface area contributed by atoms with E-state index in [0.717, 1.165) is 12.8 Å². The number of carbonyl (C=O) groups is 1. The molecule has 1 aliphatic rings. The van der Waals surface area contributed by atoms with Gasteiger partial charge in [0.1, 0.15) is 0 Å². The largest absolute Gasteiger partial charge is 0.339 e. The molecule has 6 nitrogen and oxygen atoms in total. The molecule has 1 aromatic carbocycles. The highest BCUT2D eigenvalue weighted by molar-refractivity contribution is 9.10. The quantitative estimate of drug-likeness (QED) is 0.768. The smallest absolute Gasteiger partial charge is 0.254 e. The first-order valence-corrected chi connectivity index (χ1v) is 9.37. The first-order valence-electron chi connectivity index (χ1n) is 7.03. The Balaban J connectivity index is 0.00000264. The summed E-state index contributed by atoms with van der Waals surface area (Å²) in [5, 5.41) is 8.44. The second-order valence-corrected chi connectivity index (χ2v) is 7.92. The third-order valence-corrected chi connectivity index (χ3v) is 5.55. The number of sulfonamides is 1. The van der Waals surface area contributed by atoms with Crippen LogP contribution in [0.3, 0.4) is 0 Å². The molecule has 0 bridgehead atoms. The van der Waals surface area contributed by atoms with E-state index in [1.165, 1.54) is 6.07 Å². The highest BCUT2D eigenvalue weighted by Crippen LogP contribution is 2.26. The molecule has 0 atom stereocenters. The van der Waals surface area contributed by atoms with Gasteiger partial charge in [0.2, 0.25) is 10.0 Å². The monoisotopic (exact) mass is 425 g/mol. The molecule has 0 unspecified atom stereocenters. The van der Waals surface area contributed by atoms with Crippen LogP contribution in [0, 0.1) is 6.92 Å². The van der Waals surface area contributed by atoms with Gasteiger partial charge in [0.25, 0.3) is 5.91 Å². The maximum atomic E-state index is 12.7. The van der Waals surface area contributed by atoms with Crippen LogP contribution in [0.1, 0.15) is 28.8 Å². The fraction of sp³-hybridized carbons (Fsp3) is 0.500. The fourth-order valence-electron chi connectivity index (χ4n) is 2.71. The topological polar surface area (TPSA) is 92.5 Å². The predicted molar refractivity (Wildman–Crippen MR) is 95.5 cm³/mol. The molecular weight excluding hydrogens is 406 g/mol. The lowest BCUT2D eigenvalue weighted by Crippen LogP contribution is -2.44. The van der Waals surface area contributed by atoms with Crippen LogP contribution >= 0.6 is 28.3 Å². The first kappa shape index (κ1) is 20.4. The van der Waals surface area contributed by atoms with E-state index in [0.29, 0.717) is 34.7 Å². The van der Waals surface area contributed by atoms with E-state index in [-0.39, 0.29) is 23.2 Å². The number of hydrogen-bond donors (Lipinski definition) is 2. The Bertz CT molecular complexity index is 689. The molecule has 1 heterocycles. The van der Waals surface area contributed by atoms with E-state index < -0.39 is 10.0 Å². The van der Waals surface area contributed by atoms with Crippen molar-refractivity contribution in [2.24, 2.45) is 5.14 Å². The van der Waals surface area contributed by atoms with Gasteiger partial charge in [0, 0.05) is 29.2 Å². The summed E-state index contributed by atoms with van der Waals surface area (Å²) in [4.78, 5) is 14.4. The van der Waals surface area contributed by atoms with Crippen LogP contribution < -0.4 is 10.5 Å². The van der Waals surface area contributed by atoms with Crippen LogP contribution in [0.5, 0.6) is 0 Å². The van der Waals surface area contributed by atoms with Gasteiger partial charge >= 0.3 is 0 Å². The molecule has 3 N–H and O–H groups in total. The Morgan fingerprint density at radius 3 is 2.39 bits per heavy atom. The average molecular weight is 427 g/mol. The maximum absolute atomic E-state index is 12.7. The van der Waals surface area contributed by atoms with E-state index in [1.54, 1.807) is 17.9 Å². The summed E-state index contributed by atoms with van der Waals surface area (Å²) in [6, 6.07) is 3.50. The third-order valence-electron chi connectivity index (χ3n) is 4.05. The number of nitrogens with zero attached hydrogens (tertiary/aromatic N) is 1. The molecule has 9 heteroatoms. The van der Waals surface area contributed by atoms with Gasteiger partial charge in [0.15, 0.2) is 0 Å². The number of likely N-dealkylation sites (tertiary alicyclic amines) is 1. The lowest BCUT2D eigenvalue weighted by molar-refractivity contribution is 0.0706. The number of rotatable bonds is 3. The summed E-state index contributed by atoms with van der Waals surface area (Å²) in [6.07, 6.45) is 1.77. The first-order chi connectivity index (χ1) is 10.2. The van der Waals surface area contributed by atoms with Crippen molar-refractivity contribution in [1.82, 2.24) is 10.2 Å². The van der Waals surface area contributed by atoms with Crippen molar-refractivity contribution in [3.05, 3.63) is 27.7 Å². The molecule has 1 aromatic rings. The molecule has 1 amide bonds. The number of carbonyl (C=O) groups excluding carboxylic acids is 1. The van der Waals surface area contributed by atoms with Crippen molar-refractivity contribution in [3.63, 3.8) is 0 Å². The van der Waals surface area contributed by atoms with E-state index in [9.17, 15) is 13.2 Å².